The third kappa shape index (κ3) is 6.93. The molecule has 2 N–H and O–H groups in total. The van der Waals surface area contributed by atoms with Crippen molar-refractivity contribution in [2.45, 2.75) is 38.0 Å². The van der Waals surface area contributed by atoms with E-state index >= 15 is 0 Å². The Kier molecular flexibility index (Phi) is 8.34. The Balaban J connectivity index is 2.42. The van der Waals surface area contributed by atoms with Gasteiger partial charge in [-0.25, -0.2) is 13.1 Å². The maximum absolute atomic E-state index is 12.1. The minimum absolute atomic E-state index is 0.276. The third-order valence-corrected chi connectivity index (χ3v) is 4.40. The van der Waals surface area contributed by atoms with Gasteiger partial charge >= 0.3 is 0 Å². The quantitative estimate of drug-likeness (QED) is 0.616. The van der Waals surface area contributed by atoms with Crippen LogP contribution in [0.25, 0.3) is 0 Å². The number of ether oxygens (including phenoxy) is 1. The Morgan fingerprint density at radius 1 is 1.00 bits per heavy atom. The molecule has 0 spiro atoms. The Labute approximate surface area is 128 Å². The summed E-state index contributed by atoms with van der Waals surface area (Å²) >= 11 is 0. The molecule has 0 saturated heterocycles. The van der Waals surface area contributed by atoms with E-state index in [1.165, 1.54) is 0 Å². The predicted octanol–water partition coefficient (Wildman–Crippen LogP) is 2.60. The van der Waals surface area contributed by atoms with Crippen molar-refractivity contribution in [2.75, 3.05) is 31.6 Å². The van der Waals surface area contributed by atoms with Crippen LogP contribution in [0.2, 0.25) is 0 Å². The van der Waals surface area contributed by atoms with Crippen LogP contribution in [0.15, 0.2) is 29.2 Å². The first-order valence-electron chi connectivity index (χ1n) is 7.51. The second-order valence-corrected chi connectivity index (χ2v) is 6.58. The topological polar surface area (TPSA) is 67.4 Å². The van der Waals surface area contributed by atoms with Crippen LogP contribution in [0, 0.1) is 0 Å². The average molecular weight is 314 g/mol. The number of anilines is 1. The van der Waals surface area contributed by atoms with E-state index in [1.54, 1.807) is 24.3 Å². The van der Waals surface area contributed by atoms with Gasteiger partial charge in [0.2, 0.25) is 10.0 Å². The van der Waals surface area contributed by atoms with E-state index in [-0.39, 0.29) is 4.90 Å². The highest BCUT2D eigenvalue weighted by molar-refractivity contribution is 7.89. The molecular weight excluding hydrogens is 288 g/mol. The molecule has 6 heteroatoms. The SMILES string of the molecule is CCCCOCCNS(=O)(=O)c1ccc(NCCC)cc1. The standard InChI is InChI=1S/C15H26N2O3S/c1-3-5-12-20-13-11-17-21(18,19)15-8-6-14(7-9-15)16-10-4-2/h6-9,16-17H,3-5,10-13H2,1-2H3. The van der Waals surface area contributed by atoms with E-state index in [0.29, 0.717) is 19.8 Å². The van der Waals surface area contributed by atoms with E-state index in [2.05, 4.69) is 23.9 Å². The maximum Gasteiger partial charge on any atom is 0.240 e. The Morgan fingerprint density at radius 3 is 2.33 bits per heavy atom. The highest BCUT2D eigenvalue weighted by Crippen LogP contribution is 2.13. The normalized spacial score (nSPS) is 11.5. The third-order valence-electron chi connectivity index (χ3n) is 2.92. The van der Waals surface area contributed by atoms with Crippen LogP contribution in [0.5, 0.6) is 0 Å². The Morgan fingerprint density at radius 2 is 1.71 bits per heavy atom. The maximum atomic E-state index is 12.1. The molecule has 0 atom stereocenters. The summed E-state index contributed by atoms with van der Waals surface area (Å²) in [4.78, 5) is 0.276. The average Bonchev–Trinajstić information content (AvgIpc) is 2.49. The van der Waals surface area contributed by atoms with Gasteiger partial charge in [-0.15, -0.1) is 0 Å². The molecule has 1 aromatic rings. The summed E-state index contributed by atoms with van der Waals surface area (Å²) < 4.78 is 32.0. The fourth-order valence-corrected chi connectivity index (χ4v) is 2.71. The zero-order valence-electron chi connectivity index (χ0n) is 12.9. The summed E-state index contributed by atoms with van der Waals surface area (Å²) in [6.07, 6.45) is 3.10. The van der Waals surface area contributed by atoms with Gasteiger partial charge in [-0.05, 0) is 37.1 Å². The summed E-state index contributed by atoms with van der Waals surface area (Å²) in [6.45, 7) is 6.41. The van der Waals surface area contributed by atoms with Crippen LogP contribution in [0.3, 0.4) is 0 Å². The Hall–Kier alpha value is -1.11. The molecule has 0 aromatic heterocycles. The minimum atomic E-state index is -3.45. The van der Waals surface area contributed by atoms with E-state index in [0.717, 1.165) is 31.5 Å². The summed E-state index contributed by atoms with van der Waals surface area (Å²) in [5.41, 5.74) is 0.929. The molecule has 0 aliphatic rings. The highest BCUT2D eigenvalue weighted by atomic mass is 32.2. The lowest BCUT2D eigenvalue weighted by Crippen LogP contribution is -2.27. The molecular formula is C15H26N2O3S. The molecule has 0 fully saturated rings. The molecule has 0 amide bonds. The van der Waals surface area contributed by atoms with Crippen molar-refractivity contribution in [3.63, 3.8) is 0 Å². The second-order valence-electron chi connectivity index (χ2n) is 4.81. The number of hydrogen-bond acceptors (Lipinski definition) is 4. The molecule has 0 saturated carbocycles. The van der Waals surface area contributed by atoms with Gasteiger partial charge < -0.3 is 10.1 Å². The molecule has 0 aliphatic carbocycles. The van der Waals surface area contributed by atoms with Crippen LogP contribution < -0.4 is 10.0 Å². The van der Waals surface area contributed by atoms with Gasteiger partial charge in [0.1, 0.15) is 0 Å². The van der Waals surface area contributed by atoms with Crippen molar-refractivity contribution in [3.05, 3.63) is 24.3 Å². The fraction of sp³-hybridized carbons (Fsp3) is 0.600. The summed E-state index contributed by atoms with van der Waals surface area (Å²) in [6, 6.07) is 6.78. The summed E-state index contributed by atoms with van der Waals surface area (Å²) in [5, 5.41) is 3.21. The molecule has 0 aliphatic heterocycles. The van der Waals surface area contributed by atoms with Crippen LogP contribution in [0.4, 0.5) is 5.69 Å². The summed E-state index contributed by atoms with van der Waals surface area (Å²) in [5.74, 6) is 0. The number of sulfonamides is 1. The van der Waals surface area contributed by atoms with Gasteiger partial charge in [0, 0.05) is 25.4 Å². The number of unbranched alkanes of at least 4 members (excludes halogenated alkanes) is 1. The molecule has 1 rings (SSSR count). The molecule has 0 heterocycles. The van der Waals surface area contributed by atoms with Crippen LogP contribution in [-0.2, 0) is 14.8 Å². The lowest BCUT2D eigenvalue weighted by molar-refractivity contribution is 0.136. The van der Waals surface area contributed by atoms with Gasteiger partial charge in [-0.3, -0.25) is 0 Å². The smallest absolute Gasteiger partial charge is 0.240 e. The van der Waals surface area contributed by atoms with Gasteiger partial charge in [0.05, 0.1) is 11.5 Å². The minimum Gasteiger partial charge on any atom is -0.385 e. The zero-order chi connectivity index (χ0) is 15.6. The zero-order valence-corrected chi connectivity index (χ0v) is 13.7. The molecule has 0 bridgehead atoms. The van der Waals surface area contributed by atoms with Crippen molar-refractivity contribution >= 4 is 15.7 Å². The van der Waals surface area contributed by atoms with E-state index in [4.69, 9.17) is 4.74 Å². The molecule has 1 aromatic carbocycles. The summed E-state index contributed by atoms with van der Waals surface area (Å²) in [7, 11) is -3.45. The van der Waals surface area contributed by atoms with Crippen LogP contribution in [0.1, 0.15) is 33.1 Å². The number of nitrogens with one attached hydrogen (secondary N) is 2. The van der Waals surface area contributed by atoms with Gasteiger partial charge in [-0.2, -0.15) is 0 Å². The first kappa shape index (κ1) is 17.9. The number of hydrogen-bond donors (Lipinski definition) is 2. The number of rotatable bonds is 11. The van der Waals surface area contributed by atoms with Gasteiger partial charge in [0.15, 0.2) is 0 Å². The van der Waals surface area contributed by atoms with Crippen molar-refractivity contribution in [1.82, 2.24) is 4.72 Å². The first-order valence-corrected chi connectivity index (χ1v) is 8.99. The first-order chi connectivity index (χ1) is 10.1. The lowest BCUT2D eigenvalue weighted by atomic mass is 10.3. The van der Waals surface area contributed by atoms with Gasteiger partial charge in [0.25, 0.3) is 0 Å². The van der Waals surface area contributed by atoms with Crippen molar-refractivity contribution < 1.29 is 13.2 Å². The van der Waals surface area contributed by atoms with E-state index in [1.807, 2.05) is 0 Å². The monoisotopic (exact) mass is 314 g/mol. The van der Waals surface area contributed by atoms with E-state index < -0.39 is 10.0 Å². The number of benzene rings is 1. The molecule has 0 radical (unpaired) electrons. The predicted molar refractivity (Wildman–Crippen MR) is 86.1 cm³/mol. The van der Waals surface area contributed by atoms with Crippen molar-refractivity contribution in [1.29, 1.82) is 0 Å². The molecule has 21 heavy (non-hydrogen) atoms. The second kappa shape index (κ2) is 9.76. The van der Waals surface area contributed by atoms with Crippen LogP contribution >= 0.6 is 0 Å². The largest absolute Gasteiger partial charge is 0.385 e. The van der Waals surface area contributed by atoms with Gasteiger partial charge in [-0.1, -0.05) is 20.3 Å². The molecule has 120 valence electrons. The van der Waals surface area contributed by atoms with E-state index in [9.17, 15) is 8.42 Å². The van der Waals surface area contributed by atoms with Crippen molar-refractivity contribution in [3.8, 4) is 0 Å². The fourth-order valence-electron chi connectivity index (χ4n) is 1.70. The van der Waals surface area contributed by atoms with Crippen LogP contribution in [-0.4, -0.2) is 34.7 Å². The highest BCUT2D eigenvalue weighted by Gasteiger charge is 2.12. The molecule has 5 nitrogen and oxygen atoms in total. The molecule has 0 unspecified atom stereocenters. The lowest BCUT2D eigenvalue weighted by Gasteiger charge is -2.09. The van der Waals surface area contributed by atoms with Crippen molar-refractivity contribution in [2.24, 2.45) is 0 Å². The Bertz CT molecular complexity index is 486.